The van der Waals surface area contributed by atoms with Gasteiger partial charge in [0.1, 0.15) is 11.4 Å². The highest BCUT2D eigenvalue weighted by molar-refractivity contribution is 7.89. The lowest BCUT2D eigenvalue weighted by molar-refractivity contribution is -0.137. The van der Waals surface area contributed by atoms with Crippen LogP contribution in [0.2, 0.25) is 10.0 Å². The van der Waals surface area contributed by atoms with Crippen molar-refractivity contribution in [3.63, 3.8) is 0 Å². The van der Waals surface area contributed by atoms with Crippen molar-refractivity contribution in [2.45, 2.75) is 18.2 Å². The third-order valence-corrected chi connectivity index (χ3v) is 4.86. The predicted octanol–water partition coefficient (Wildman–Crippen LogP) is 2.48. The van der Waals surface area contributed by atoms with E-state index in [1.54, 1.807) is 6.92 Å². The number of sulfonamides is 1. The van der Waals surface area contributed by atoms with Gasteiger partial charge in [-0.1, -0.05) is 30.1 Å². The molecule has 0 fully saturated rings. The van der Waals surface area contributed by atoms with Gasteiger partial charge >= 0.3 is 5.97 Å². The van der Waals surface area contributed by atoms with E-state index in [4.69, 9.17) is 28.3 Å². The Morgan fingerprint density at radius 1 is 1.37 bits per heavy atom. The Morgan fingerprint density at radius 2 is 2.00 bits per heavy atom. The molecule has 8 heteroatoms. The maximum absolute atomic E-state index is 12.3. The van der Waals surface area contributed by atoms with Gasteiger partial charge < -0.3 is 5.11 Å². The van der Waals surface area contributed by atoms with Crippen LogP contribution in [-0.4, -0.2) is 36.9 Å². The van der Waals surface area contributed by atoms with Crippen molar-refractivity contribution < 1.29 is 18.3 Å². The van der Waals surface area contributed by atoms with Gasteiger partial charge in [-0.25, -0.2) is 8.42 Å². The quantitative estimate of drug-likeness (QED) is 0.871. The van der Waals surface area contributed by atoms with E-state index in [0.29, 0.717) is 11.4 Å². The second-order valence-corrected chi connectivity index (χ2v) is 6.56. The Kier molecular flexibility index (Phi) is 5.61. The fourth-order valence-electron chi connectivity index (χ4n) is 1.51. The average Bonchev–Trinajstić information content (AvgIpc) is 2.27. The first-order chi connectivity index (χ1) is 8.78. The number of halogens is 2. The van der Waals surface area contributed by atoms with Crippen molar-refractivity contribution in [3.05, 3.63) is 28.2 Å². The zero-order valence-corrected chi connectivity index (χ0v) is 12.5. The Balaban J connectivity index is 3.22. The fourth-order valence-corrected chi connectivity index (χ4v) is 3.74. The molecule has 5 nitrogen and oxygen atoms in total. The van der Waals surface area contributed by atoms with E-state index in [1.807, 2.05) is 0 Å². The minimum Gasteiger partial charge on any atom is -0.480 e. The Morgan fingerprint density at radius 3 is 2.47 bits per heavy atom. The number of carboxylic acids is 1. The Bertz CT molecular complexity index is 574. The van der Waals surface area contributed by atoms with Gasteiger partial charge in [-0.05, 0) is 24.6 Å². The lowest BCUT2D eigenvalue weighted by Crippen LogP contribution is -2.36. The fraction of sp³-hybridized carbons (Fsp3) is 0.364. The first-order valence-electron chi connectivity index (χ1n) is 5.46. The molecule has 0 amide bonds. The van der Waals surface area contributed by atoms with Gasteiger partial charge in [0.15, 0.2) is 0 Å². The minimum absolute atomic E-state index is 0.0287. The van der Waals surface area contributed by atoms with Crippen LogP contribution in [0.3, 0.4) is 0 Å². The van der Waals surface area contributed by atoms with Gasteiger partial charge in [0.05, 0.1) is 5.02 Å². The molecule has 0 radical (unpaired) electrons. The lowest BCUT2D eigenvalue weighted by atomic mass is 10.4. The zero-order valence-electron chi connectivity index (χ0n) is 10.1. The van der Waals surface area contributed by atoms with Gasteiger partial charge in [-0.3, -0.25) is 4.79 Å². The summed E-state index contributed by atoms with van der Waals surface area (Å²) in [5.74, 6) is -1.22. The molecule has 19 heavy (non-hydrogen) atoms. The van der Waals surface area contributed by atoms with Crippen LogP contribution in [0, 0.1) is 0 Å². The summed E-state index contributed by atoms with van der Waals surface area (Å²) in [7, 11) is -3.94. The molecular formula is C11H13Cl2NO4S. The summed E-state index contributed by atoms with van der Waals surface area (Å²) in [6.07, 6.45) is 0.498. The number of carboxylic acid groups (broad SMARTS) is 1. The van der Waals surface area contributed by atoms with Crippen LogP contribution in [0.25, 0.3) is 0 Å². The van der Waals surface area contributed by atoms with Gasteiger partial charge in [0.25, 0.3) is 0 Å². The van der Waals surface area contributed by atoms with E-state index >= 15 is 0 Å². The third-order valence-electron chi connectivity index (χ3n) is 2.30. The molecular weight excluding hydrogens is 313 g/mol. The number of nitrogens with zero attached hydrogens (tertiary/aromatic N) is 1. The summed E-state index contributed by atoms with van der Waals surface area (Å²) in [6.45, 7) is 1.26. The molecule has 0 spiro atoms. The first kappa shape index (κ1) is 16.2. The molecule has 1 aromatic carbocycles. The van der Waals surface area contributed by atoms with Gasteiger partial charge in [0.2, 0.25) is 10.0 Å². The molecule has 0 aromatic heterocycles. The molecule has 1 aromatic rings. The standard InChI is InChI=1S/C11H13Cl2NO4S/c1-2-5-14(7-11(15)16)19(17,18)10-4-3-8(12)6-9(10)13/h3-4,6H,2,5,7H2,1H3,(H,15,16). The molecule has 0 bridgehead atoms. The second kappa shape index (κ2) is 6.56. The summed E-state index contributed by atoms with van der Waals surface area (Å²) in [5, 5.41) is 9.05. The van der Waals surface area contributed by atoms with Crippen molar-refractivity contribution in [3.8, 4) is 0 Å². The SMILES string of the molecule is CCCN(CC(=O)O)S(=O)(=O)c1ccc(Cl)cc1Cl. The van der Waals surface area contributed by atoms with Crippen LogP contribution in [0.15, 0.2) is 23.1 Å². The molecule has 106 valence electrons. The predicted molar refractivity (Wildman–Crippen MR) is 73.1 cm³/mol. The molecule has 0 saturated heterocycles. The van der Waals surface area contributed by atoms with E-state index in [0.717, 1.165) is 4.31 Å². The van der Waals surface area contributed by atoms with Crippen molar-refractivity contribution in [1.82, 2.24) is 4.31 Å². The highest BCUT2D eigenvalue weighted by atomic mass is 35.5. The largest absolute Gasteiger partial charge is 0.480 e. The van der Waals surface area contributed by atoms with E-state index < -0.39 is 22.5 Å². The lowest BCUT2D eigenvalue weighted by Gasteiger charge is -2.20. The summed E-state index contributed by atoms with van der Waals surface area (Å²) >= 11 is 11.6. The number of benzene rings is 1. The number of hydrogen-bond donors (Lipinski definition) is 1. The van der Waals surface area contributed by atoms with Crippen molar-refractivity contribution in [2.24, 2.45) is 0 Å². The van der Waals surface area contributed by atoms with Crippen molar-refractivity contribution >= 4 is 39.2 Å². The van der Waals surface area contributed by atoms with Crippen molar-refractivity contribution in [2.75, 3.05) is 13.1 Å². The Labute approximate surface area is 121 Å². The van der Waals surface area contributed by atoms with Crippen molar-refractivity contribution in [1.29, 1.82) is 0 Å². The van der Waals surface area contributed by atoms with Crippen LogP contribution >= 0.6 is 23.2 Å². The average molecular weight is 326 g/mol. The van der Waals surface area contributed by atoms with Gasteiger partial charge in [-0.15, -0.1) is 0 Å². The highest BCUT2D eigenvalue weighted by Crippen LogP contribution is 2.27. The smallest absolute Gasteiger partial charge is 0.318 e. The summed E-state index contributed by atoms with van der Waals surface area (Å²) in [4.78, 5) is 10.6. The van der Waals surface area contributed by atoms with Crippen LogP contribution in [0.4, 0.5) is 0 Å². The third kappa shape index (κ3) is 4.07. The number of rotatable bonds is 6. The molecule has 0 aliphatic carbocycles. The molecule has 0 heterocycles. The van der Waals surface area contributed by atoms with E-state index in [-0.39, 0.29) is 16.5 Å². The van der Waals surface area contributed by atoms with E-state index in [2.05, 4.69) is 0 Å². The highest BCUT2D eigenvalue weighted by Gasteiger charge is 2.27. The van der Waals surface area contributed by atoms with Gasteiger partial charge in [-0.2, -0.15) is 4.31 Å². The van der Waals surface area contributed by atoms with Crippen LogP contribution in [0.1, 0.15) is 13.3 Å². The molecule has 1 rings (SSSR count). The topological polar surface area (TPSA) is 74.7 Å². The molecule has 0 unspecified atom stereocenters. The summed E-state index contributed by atoms with van der Waals surface area (Å²) in [6, 6.07) is 3.97. The maximum Gasteiger partial charge on any atom is 0.318 e. The molecule has 0 aliphatic rings. The Hall–Kier alpha value is -0.820. The zero-order chi connectivity index (χ0) is 14.6. The number of hydrogen-bond acceptors (Lipinski definition) is 3. The minimum atomic E-state index is -3.94. The molecule has 1 N–H and O–H groups in total. The number of carbonyl (C=O) groups is 1. The van der Waals surface area contributed by atoms with Crippen LogP contribution in [0.5, 0.6) is 0 Å². The molecule has 0 aliphatic heterocycles. The molecule has 0 saturated carbocycles. The first-order valence-corrected chi connectivity index (χ1v) is 7.65. The summed E-state index contributed by atoms with van der Waals surface area (Å²) in [5.41, 5.74) is 0. The second-order valence-electron chi connectivity index (χ2n) is 3.81. The van der Waals surface area contributed by atoms with E-state index in [9.17, 15) is 13.2 Å². The normalized spacial score (nSPS) is 11.8. The van der Waals surface area contributed by atoms with E-state index in [1.165, 1.54) is 18.2 Å². The van der Waals surface area contributed by atoms with Crippen LogP contribution in [-0.2, 0) is 14.8 Å². The van der Waals surface area contributed by atoms with Gasteiger partial charge in [0, 0.05) is 11.6 Å². The maximum atomic E-state index is 12.3. The number of aliphatic carboxylic acids is 1. The monoisotopic (exact) mass is 325 g/mol. The molecule has 0 atom stereocenters. The van der Waals surface area contributed by atoms with Crippen LogP contribution < -0.4 is 0 Å². The summed E-state index contributed by atoms with van der Waals surface area (Å²) < 4.78 is 25.5.